The fraction of sp³-hybridized carbons (Fsp3) is 0.111. The summed E-state index contributed by atoms with van der Waals surface area (Å²) in [6.07, 6.45) is 5.18. The van der Waals surface area contributed by atoms with Crippen LogP contribution in [-0.4, -0.2) is 9.97 Å². The molecule has 60 valence electrons. The second-order valence-electron chi connectivity index (χ2n) is 2.49. The molecule has 0 saturated carbocycles. The lowest BCUT2D eigenvalue weighted by Gasteiger charge is -1.91. The number of nitrogens with zero attached hydrogens (tertiary/aromatic N) is 2. The van der Waals surface area contributed by atoms with E-state index in [1.54, 1.807) is 18.6 Å². The van der Waals surface area contributed by atoms with Crippen molar-refractivity contribution in [2.45, 2.75) is 6.92 Å². The number of hydrogen-bond donors (Lipinski definition) is 0. The van der Waals surface area contributed by atoms with Gasteiger partial charge >= 0.3 is 0 Å². The summed E-state index contributed by atoms with van der Waals surface area (Å²) in [5.41, 5.74) is 0.957. The van der Waals surface area contributed by atoms with E-state index in [0.29, 0.717) is 5.89 Å². The Balaban J connectivity index is 2.45. The fourth-order valence-corrected chi connectivity index (χ4v) is 1.00. The van der Waals surface area contributed by atoms with Gasteiger partial charge in [-0.25, -0.2) is 4.98 Å². The zero-order chi connectivity index (χ0) is 8.39. The quantitative estimate of drug-likeness (QED) is 0.640. The SMILES string of the molecule is Cc1ncc(-c2cccnc2)o1. The Labute approximate surface area is 70.1 Å². The maximum atomic E-state index is 5.32. The van der Waals surface area contributed by atoms with E-state index in [1.165, 1.54) is 0 Å². The van der Waals surface area contributed by atoms with Crippen molar-refractivity contribution < 1.29 is 4.42 Å². The topological polar surface area (TPSA) is 38.9 Å². The second-order valence-corrected chi connectivity index (χ2v) is 2.49. The molecule has 2 aromatic rings. The van der Waals surface area contributed by atoms with E-state index in [9.17, 15) is 0 Å². The van der Waals surface area contributed by atoms with Crippen LogP contribution in [0.2, 0.25) is 0 Å². The highest BCUT2D eigenvalue weighted by Gasteiger charge is 2.01. The molecule has 0 aliphatic carbocycles. The summed E-state index contributed by atoms with van der Waals surface area (Å²) >= 11 is 0. The van der Waals surface area contributed by atoms with Crippen LogP contribution in [0.5, 0.6) is 0 Å². The smallest absolute Gasteiger partial charge is 0.191 e. The molecule has 3 heteroatoms. The normalized spacial score (nSPS) is 10.1. The van der Waals surface area contributed by atoms with Gasteiger partial charge in [0.2, 0.25) is 0 Å². The molecule has 0 fully saturated rings. The van der Waals surface area contributed by atoms with Crippen LogP contribution in [0.4, 0.5) is 0 Å². The number of hydrogen-bond acceptors (Lipinski definition) is 3. The van der Waals surface area contributed by atoms with Crippen LogP contribution < -0.4 is 0 Å². The summed E-state index contributed by atoms with van der Waals surface area (Å²) in [6.45, 7) is 1.82. The summed E-state index contributed by atoms with van der Waals surface area (Å²) < 4.78 is 5.32. The molecule has 3 nitrogen and oxygen atoms in total. The Morgan fingerprint density at radius 1 is 1.33 bits per heavy atom. The zero-order valence-electron chi connectivity index (χ0n) is 6.69. The van der Waals surface area contributed by atoms with E-state index >= 15 is 0 Å². The molecule has 2 aromatic heterocycles. The standard InChI is InChI=1S/C9H8N2O/c1-7-11-6-9(12-7)8-3-2-4-10-5-8/h2-6H,1H3. The molecule has 0 spiro atoms. The Morgan fingerprint density at radius 2 is 2.25 bits per heavy atom. The van der Waals surface area contributed by atoms with Crippen molar-refractivity contribution in [3.63, 3.8) is 0 Å². The van der Waals surface area contributed by atoms with Crippen molar-refractivity contribution in [3.8, 4) is 11.3 Å². The van der Waals surface area contributed by atoms with Gasteiger partial charge in [0.05, 0.1) is 6.20 Å². The van der Waals surface area contributed by atoms with E-state index in [4.69, 9.17) is 4.42 Å². The Hall–Kier alpha value is -1.64. The van der Waals surface area contributed by atoms with Gasteiger partial charge in [-0.3, -0.25) is 4.98 Å². The minimum absolute atomic E-state index is 0.675. The van der Waals surface area contributed by atoms with Crippen LogP contribution in [0.15, 0.2) is 35.1 Å². The predicted molar refractivity (Wildman–Crippen MR) is 44.5 cm³/mol. The Morgan fingerprint density at radius 3 is 2.83 bits per heavy atom. The molecule has 0 bridgehead atoms. The first kappa shape index (κ1) is 7.03. The number of pyridine rings is 1. The maximum absolute atomic E-state index is 5.32. The van der Waals surface area contributed by atoms with Crippen molar-refractivity contribution in [2.24, 2.45) is 0 Å². The molecule has 0 atom stereocenters. The molecular formula is C9H8N2O. The molecule has 0 aromatic carbocycles. The van der Waals surface area contributed by atoms with E-state index < -0.39 is 0 Å². The molecule has 12 heavy (non-hydrogen) atoms. The number of oxazole rings is 1. The van der Waals surface area contributed by atoms with Gasteiger partial charge < -0.3 is 4.42 Å². The third-order valence-corrected chi connectivity index (χ3v) is 1.57. The zero-order valence-corrected chi connectivity index (χ0v) is 6.69. The Kier molecular flexibility index (Phi) is 1.63. The molecule has 0 aliphatic heterocycles. The average Bonchev–Trinajstić information content (AvgIpc) is 2.54. The van der Waals surface area contributed by atoms with Crippen molar-refractivity contribution >= 4 is 0 Å². The third kappa shape index (κ3) is 1.21. The highest BCUT2D eigenvalue weighted by Crippen LogP contribution is 2.17. The van der Waals surface area contributed by atoms with Crippen molar-refractivity contribution in [3.05, 3.63) is 36.6 Å². The average molecular weight is 160 g/mol. The monoisotopic (exact) mass is 160 g/mol. The van der Waals surface area contributed by atoms with Gasteiger partial charge in [-0.1, -0.05) is 0 Å². The van der Waals surface area contributed by atoms with E-state index in [-0.39, 0.29) is 0 Å². The van der Waals surface area contributed by atoms with Crippen LogP contribution >= 0.6 is 0 Å². The maximum Gasteiger partial charge on any atom is 0.191 e. The van der Waals surface area contributed by atoms with Gasteiger partial charge in [0.15, 0.2) is 11.7 Å². The van der Waals surface area contributed by atoms with Crippen LogP contribution in [0, 0.1) is 6.92 Å². The lowest BCUT2D eigenvalue weighted by Crippen LogP contribution is -1.74. The molecule has 0 radical (unpaired) electrons. The number of aryl methyl sites for hydroxylation is 1. The van der Waals surface area contributed by atoms with E-state index in [1.807, 2.05) is 19.1 Å². The molecule has 2 rings (SSSR count). The molecular weight excluding hydrogens is 152 g/mol. The van der Waals surface area contributed by atoms with Crippen molar-refractivity contribution in [1.29, 1.82) is 0 Å². The van der Waals surface area contributed by atoms with Crippen LogP contribution in [0.1, 0.15) is 5.89 Å². The van der Waals surface area contributed by atoms with Crippen molar-refractivity contribution in [2.75, 3.05) is 0 Å². The number of aromatic nitrogens is 2. The highest BCUT2D eigenvalue weighted by molar-refractivity contribution is 5.54. The minimum atomic E-state index is 0.675. The third-order valence-electron chi connectivity index (χ3n) is 1.57. The van der Waals surface area contributed by atoms with E-state index in [2.05, 4.69) is 9.97 Å². The minimum Gasteiger partial charge on any atom is -0.441 e. The fourth-order valence-electron chi connectivity index (χ4n) is 1.00. The molecule has 0 saturated heterocycles. The van der Waals surface area contributed by atoms with E-state index in [0.717, 1.165) is 11.3 Å². The van der Waals surface area contributed by atoms with Gasteiger partial charge in [0, 0.05) is 24.9 Å². The second kappa shape index (κ2) is 2.77. The first-order chi connectivity index (χ1) is 5.86. The number of rotatable bonds is 1. The predicted octanol–water partition coefficient (Wildman–Crippen LogP) is 2.05. The van der Waals surface area contributed by atoms with Crippen LogP contribution in [0.25, 0.3) is 11.3 Å². The molecule has 2 heterocycles. The van der Waals surface area contributed by atoms with Gasteiger partial charge in [0.25, 0.3) is 0 Å². The van der Waals surface area contributed by atoms with Gasteiger partial charge in [-0.2, -0.15) is 0 Å². The molecule has 0 N–H and O–H groups in total. The lowest BCUT2D eigenvalue weighted by molar-refractivity contribution is 0.534. The first-order valence-corrected chi connectivity index (χ1v) is 3.69. The summed E-state index contributed by atoms with van der Waals surface area (Å²) in [7, 11) is 0. The Bertz CT molecular complexity index is 367. The summed E-state index contributed by atoms with van der Waals surface area (Å²) in [6, 6.07) is 3.81. The summed E-state index contributed by atoms with van der Waals surface area (Å²) in [4.78, 5) is 7.98. The van der Waals surface area contributed by atoms with Crippen molar-refractivity contribution in [1.82, 2.24) is 9.97 Å². The molecule has 0 aliphatic rings. The van der Waals surface area contributed by atoms with Gasteiger partial charge in [-0.15, -0.1) is 0 Å². The summed E-state index contributed by atoms with van der Waals surface area (Å²) in [5.74, 6) is 1.44. The molecule has 0 unspecified atom stereocenters. The van der Waals surface area contributed by atoms with Gasteiger partial charge in [-0.05, 0) is 12.1 Å². The first-order valence-electron chi connectivity index (χ1n) is 3.69. The summed E-state index contributed by atoms with van der Waals surface area (Å²) in [5, 5.41) is 0. The highest BCUT2D eigenvalue weighted by atomic mass is 16.4. The molecule has 0 amide bonds. The lowest BCUT2D eigenvalue weighted by atomic mass is 10.2. The van der Waals surface area contributed by atoms with Crippen LogP contribution in [0.3, 0.4) is 0 Å². The van der Waals surface area contributed by atoms with Crippen LogP contribution in [-0.2, 0) is 0 Å². The van der Waals surface area contributed by atoms with Gasteiger partial charge in [0.1, 0.15) is 0 Å². The largest absolute Gasteiger partial charge is 0.441 e.